The first-order valence-corrected chi connectivity index (χ1v) is 12.0. The summed E-state index contributed by atoms with van der Waals surface area (Å²) in [5, 5.41) is 8.25. The van der Waals surface area contributed by atoms with Crippen LogP contribution in [0, 0.1) is 5.82 Å². The number of unbranched alkanes of at least 4 members (excludes halogenated alkanes) is 1. The minimum Gasteiger partial charge on any atom is -0.480 e. The Labute approximate surface area is 176 Å². The summed E-state index contributed by atoms with van der Waals surface area (Å²) in [6, 6.07) is 13.9. The van der Waals surface area contributed by atoms with E-state index in [-0.39, 0.29) is 24.9 Å². The van der Waals surface area contributed by atoms with E-state index in [1.165, 1.54) is 12.1 Å². The standard InChI is InChI=1S/C22H28FN2O4P/c23-19-8-5-7-17(14-19)20-9-2-1-6-18(20)15-25-12-13-30(28,29)22(16-25,21(26)27)10-3-4-11-24/h1-2,5-9,14H,3-4,10-13,15-16,24H2,(H,26,27)(H,28,29). The Bertz CT molecular complexity index is 954. The fourth-order valence-electron chi connectivity index (χ4n) is 4.16. The molecule has 0 aromatic heterocycles. The molecule has 0 radical (unpaired) electrons. The molecular weight excluding hydrogens is 406 g/mol. The van der Waals surface area contributed by atoms with Crippen molar-refractivity contribution in [3.8, 4) is 11.1 Å². The molecule has 0 bridgehead atoms. The summed E-state index contributed by atoms with van der Waals surface area (Å²) < 4.78 is 26.6. The molecule has 1 heterocycles. The topological polar surface area (TPSA) is 104 Å². The van der Waals surface area contributed by atoms with E-state index in [1.807, 2.05) is 35.2 Å². The van der Waals surface area contributed by atoms with Crippen molar-refractivity contribution in [2.75, 3.05) is 25.8 Å². The number of hydrogen-bond donors (Lipinski definition) is 3. The number of halogens is 1. The Morgan fingerprint density at radius 2 is 1.97 bits per heavy atom. The molecule has 1 aliphatic heterocycles. The zero-order chi connectivity index (χ0) is 21.8. The molecule has 0 saturated carbocycles. The van der Waals surface area contributed by atoms with Gasteiger partial charge in [-0.15, -0.1) is 0 Å². The fourth-order valence-corrected chi connectivity index (χ4v) is 6.37. The molecule has 1 aliphatic rings. The minimum atomic E-state index is -3.87. The van der Waals surface area contributed by atoms with Gasteiger partial charge in [-0.25, -0.2) is 4.39 Å². The fraction of sp³-hybridized carbons (Fsp3) is 0.409. The molecule has 3 rings (SSSR count). The molecule has 0 spiro atoms. The normalized spacial score (nSPS) is 24.6. The molecule has 8 heteroatoms. The van der Waals surface area contributed by atoms with E-state index in [9.17, 15) is 23.7 Å². The van der Waals surface area contributed by atoms with Crippen LogP contribution in [0.3, 0.4) is 0 Å². The summed E-state index contributed by atoms with van der Waals surface area (Å²) in [7, 11) is -3.87. The Morgan fingerprint density at radius 3 is 2.67 bits per heavy atom. The summed E-state index contributed by atoms with van der Waals surface area (Å²) in [5.74, 6) is -1.56. The Morgan fingerprint density at radius 1 is 1.20 bits per heavy atom. The highest BCUT2D eigenvalue weighted by molar-refractivity contribution is 7.61. The second kappa shape index (κ2) is 9.40. The molecule has 1 saturated heterocycles. The predicted molar refractivity (Wildman–Crippen MR) is 115 cm³/mol. The second-order valence-electron chi connectivity index (χ2n) is 7.89. The van der Waals surface area contributed by atoms with Gasteiger partial charge in [0.1, 0.15) is 5.82 Å². The van der Waals surface area contributed by atoms with Crippen LogP contribution in [0.25, 0.3) is 11.1 Å². The van der Waals surface area contributed by atoms with Crippen molar-refractivity contribution in [1.29, 1.82) is 0 Å². The lowest BCUT2D eigenvalue weighted by molar-refractivity contribution is -0.141. The van der Waals surface area contributed by atoms with E-state index in [1.54, 1.807) is 6.07 Å². The zero-order valence-corrected chi connectivity index (χ0v) is 17.7. The first kappa shape index (κ1) is 22.6. The van der Waals surface area contributed by atoms with Gasteiger partial charge in [0.2, 0.25) is 7.37 Å². The summed E-state index contributed by atoms with van der Waals surface area (Å²) in [5.41, 5.74) is 8.04. The number of hydrogen-bond acceptors (Lipinski definition) is 4. The average Bonchev–Trinajstić information content (AvgIpc) is 2.70. The quantitative estimate of drug-likeness (QED) is 0.434. The molecule has 1 fully saturated rings. The van der Waals surface area contributed by atoms with Gasteiger partial charge in [-0.2, -0.15) is 0 Å². The van der Waals surface area contributed by atoms with Gasteiger partial charge in [0, 0.05) is 25.8 Å². The summed E-state index contributed by atoms with van der Waals surface area (Å²) >= 11 is 0. The van der Waals surface area contributed by atoms with Crippen LogP contribution in [0.5, 0.6) is 0 Å². The Balaban J connectivity index is 1.88. The second-order valence-corrected chi connectivity index (χ2v) is 10.6. The average molecular weight is 434 g/mol. The maximum Gasteiger partial charge on any atom is 0.320 e. The molecule has 2 unspecified atom stereocenters. The van der Waals surface area contributed by atoms with Gasteiger partial charge in [-0.3, -0.25) is 14.3 Å². The first-order chi connectivity index (χ1) is 14.3. The number of carboxylic acids is 1. The molecule has 0 amide bonds. The number of carbonyl (C=O) groups is 1. The van der Waals surface area contributed by atoms with Crippen molar-refractivity contribution >= 4 is 13.3 Å². The van der Waals surface area contributed by atoms with Crippen molar-refractivity contribution < 1.29 is 23.7 Å². The van der Waals surface area contributed by atoms with Crippen molar-refractivity contribution in [1.82, 2.24) is 4.90 Å². The third-order valence-electron chi connectivity index (χ3n) is 5.86. The van der Waals surface area contributed by atoms with Crippen LogP contribution in [-0.4, -0.2) is 51.8 Å². The molecule has 2 aromatic carbocycles. The summed E-state index contributed by atoms with van der Waals surface area (Å²) in [6.45, 7) is 1.16. The lowest BCUT2D eigenvalue weighted by Crippen LogP contribution is -2.53. The summed E-state index contributed by atoms with van der Waals surface area (Å²) in [4.78, 5) is 24.7. The molecule has 6 nitrogen and oxygen atoms in total. The molecule has 4 N–H and O–H groups in total. The number of benzene rings is 2. The van der Waals surface area contributed by atoms with Crippen LogP contribution in [-0.2, 0) is 15.9 Å². The van der Waals surface area contributed by atoms with Crippen LogP contribution in [0.4, 0.5) is 4.39 Å². The van der Waals surface area contributed by atoms with Crippen molar-refractivity contribution in [3.63, 3.8) is 0 Å². The van der Waals surface area contributed by atoms with Crippen molar-refractivity contribution in [3.05, 3.63) is 59.9 Å². The SMILES string of the molecule is NCCCCC1(C(=O)O)CN(Cc2ccccc2-c2cccc(F)c2)CCP1(=O)O. The van der Waals surface area contributed by atoms with Gasteiger partial charge < -0.3 is 15.7 Å². The first-order valence-electron chi connectivity index (χ1n) is 10.1. The number of nitrogens with two attached hydrogens (primary N) is 1. The van der Waals surface area contributed by atoms with E-state index in [0.29, 0.717) is 32.5 Å². The Kier molecular flexibility index (Phi) is 7.09. The van der Waals surface area contributed by atoms with Crippen molar-refractivity contribution in [2.24, 2.45) is 5.73 Å². The van der Waals surface area contributed by atoms with Crippen LogP contribution < -0.4 is 5.73 Å². The van der Waals surface area contributed by atoms with Crippen LogP contribution in [0.15, 0.2) is 48.5 Å². The van der Waals surface area contributed by atoms with E-state index < -0.39 is 18.5 Å². The molecule has 30 heavy (non-hydrogen) atoms. The van der Waals surface area contributed by atoms with E-state index >= 15 is 0 Å². The third kappa shape index (κ3) is 4.65. The maximum atomic E-state index is 13.7. The molecule has 0 aliphatic carbocycles. The smallest absolute Gasteiger partial charge is 0.320 e. The van der Waals surface area contributed by atoms with Crippen LogP contribution in [0.2, 0.25) is 0 Å². The van der Waals surface area contributed by atoms with Gasteiger partial charge in [0.05, 0.1) is 0 Å². The number of carboxylic acid groups (broad SMARTS) is 1. The highest BCUT2D eigenvalue weighted by atomic mass is 31.2. The van der Waals surface area contributed by atoms with E-state index in [4.69, 9.17) is 5.73 Å². The monoisotopic (exact) mass is 434 g/mol. The highest BCUT2D eigenvalue weighted by Gasteiger charge is 2.56. The van der Waals surface area contributed by atoms with Crippen LogP contribution in [0.1, 0.15) is 24.8 Å². The number of rotatable bonds is 8. The lowest BCUT2D eigenvalue weighted by Gasteiger charge is -2.43. The summed E-state index contributed by atoms with van der Waals surface area (Å²) in [6.07, 6.45) is 1.15. The maximum absolute atomic E-state index is 13.7. The predicted octanol–water partition coefficient (Wildman–Crippen LogP) is 3.53. The molecule has 2 aromatic rings. The van der Waals surface area contributed by atoms with Gasteiger partial charge in [-0.1, -0.05) is 42.8 Å². The number of nitrogens with zero attached hydrogens (tertiary/aromatic N) is 1. The molecular formula is C22H28FN2O4P. The van der Waals surface area contributed by atoms with Gasteiger partial charge in [0.15, 0.2) is 5.16 Å². The van der Waals surface area contributed by atoms with Gasteiger partial charge in [-0.05, 0) is 48.2 Å². The lowest BCUT2D eigenvalue weighted by atomic mass is 9.97. The van der Waals surface area contributed by atoms with Gasteiger partial charge >= 0.3 is 5.97 Å². The van der Waals surface area contributed by atoms with Gasteiger partial charge in [0.25, 0.3) is 0 Å². The highest BCUT2D eigenvalue weighted by Crippen LogP contribution is 2.59. The minimum absolute atomic E-state index is 0.00182. The van der Waals surface area contributed by atoms with Crippen LogP contribution >= 0.6 is 7.37 Å². The Hall–Kier alpha value is -2.05. The third-order valence-corrected chi connectivity index (χ3v) is 8.56. The van der Waals surface area contributed by atoms with E-state index in [0.717, 1.165) is 16.7 Å². The largest absolute Gasteiger partial charge is 0.480 e. The zero-order valence-electron chi connectivity index (χ0n) is 16.8. The molecule has 2 atom stereocenters. The molecule has 162 valence electrons. The van der Waals surface area contributed by atoms with Crippen molar-refractivity contribution in [2.45, 2.75) is 31.0 Å². The van der Waals surface area contributed by atoms with E-state index in [2.05, 4.69) is 0 Å². The number of aliphatic carboxylic acids is 1.